The van der Waals surface area contributed by atoms with E-state index in [0.29, 0.717) is 32.8 Å². The van der Waals surface area contributed by atoms with Gasteiger partial charge in [0, 0.05) is 0 Å². The summed E-state index contributed by atoms with van der Waals surface area (Å²) in [5.41, 5.74) is 2.06. The zero-order valence-electron chi connectivity index (χ0n) is 7.87. The molecule has 0 radical (unpaired) electrons. The second kappa shape index (κ2) is 3.27. The van der Waals surface area contributed by atoms with Gasteiger partial charge in [-0.15, -0.1) is 0 Å². The number of carbonyl (C=O) groups excluding carboxylic acids is 1. The molecular weight excluding hydrogens is 247 g/mol. The van der Waals surface area contributed by atoms with Gasteiger partial charge in [0.2, 0.25) is 0 Å². The number of pyridine rings is 2. The van der Waals surface area contributed by atoms with Crippen LogP contribution in [0.4, 0.5) is 0 Å². The highest BCUT2D eigenvalue weighted by atomic mass is 35.5. The molecule has 0 amide bonds. The number of hydrogen-bond acceptors (Lipinski definition) is 3. The largest absolute Gasteiger partial charge is 0.288 e. The Morgan fingerprint density at radius 1 is 0.812 bits per heavy atom. The summed E-state index contributed by atoms with van der Waals surface area (Å²) in [7, 11) is 0. The molecule has 5 heteroatoms. The first-order chi connectivity index (χ1) is 7.66. The predicted molar refractivity (Wildman–Crippen MR) is 60.9 cm³/mol. The Morgan fingerprint density at radius 2 is 1.25 bits per heavy atom. The molecule has 16 heavy (non-hydrogen) atoms. The highest BCUT2D eigenvalue weighted by Gasteiger charge is 2.29. The molecule has 0 fully saturated rings. The van der Waals surface area contributed by atoms with Crippen molar-refractivity contribution in [1.82, 2.24) is 9.97 Å². The van der Waals surface area contributed by atoms with Crippen LogP contribution in [0.25, 0.3) is 11.4 Å². The lowest BCUT2D eigenvalue weighted by atomic mass is 10.1. The lowest BCUT2D eigenvalue weighted by molar-refractivity contribution is 0.104. The number of nitrogens with zero attached hydrogens (tertiary/aromatic N) is 2. The van der Waals surface area contributed by atoms with E-state index < -0.39 is 0 Å². The van der Waals surface area contributed by atoms with Crippen molar-refractivity contribution in [2.45, 2.75) is 0 Å². The smallest absolute Gasteiger partial charge is 0.197 e. The molecule has 0 bridgehead atoms. The number of carbonyl (C=O) groups is 1. The second-order valence-corrected chi connectivity index (χ2v) is 4.16. The van der Waals surface area contributed by atoms with E-state index in [2.05, 4.69) is 9.97 Å². The number of aromatic nitrogens is 2. The SMILES string of the molecule is O=C1c2ccc(Cl)nc2-c2nc(Cl)ccc21. The molecule has 78 valence electrons. The normalized spacial score (nSPS) is 12.5. The van der Waals surface area contributed by atoms with E-state index in [1.54, 1.807) is 24.3 Å². The van der Waals surface area contributed by atoms with Crippen LogP contribution >= 0.6 is 23.2 Å². The maximum Gasteiger partial charge on any atom is 0.197 e. The number of rotatable bonds is 0. The predicted octanol–water partition coefficient (Wildman–Crippen LogP) is 2.99. The molecule has 2 heterocycles. The first-order valence-corrected chi connectivity index (χ1v) is 5.30. The van der Waals surface area contributed by atoms with Crippen molar-refractivity contribution in [3.8, 4) is 11.4 Å². The van der Waals surface area contributed by atoms with Gasteiger partial charge >= 0.3 is 0 Å². The van der Waals surface area contributed by atoms with Crippen LogP contribution in [-0.2, 0) is 0 Å². The van der Waals surface area contributed by atoms with Gasteiger partial charge in [0.25, 0.3) is 0 Å². The fourth-order valence-electron chi connectivity index (χ4n) is 1.74. The third-order valence-electron chi connectivity index (χ3n) is 2.44. The summed E-state index contributed by atoms with van der Waals surface area (Å²) in [4.78, 5) is 20.2. The van der Waals surface area contributed by atoms with Gasteiger partial charge < -0.3 is 0 Å². The van der Waals surface area contributed by atoms with Crippen LogP contribution in [-0.4, -0.2) is 15.8 Å². The maximum atomic E-state index is 11.9. The Hall–Kier alpha value is -1.45. The van der Waals surface area contributed by atoms with Crippen molar-refractivity contribution in [2.24, 2.45) is 0 Å². The van der Waals surface area contributed by atoms with Gasteiger partial charge in [-0.2, -0.15) is 0 Å². The topological polar surface area (TPSA) is 42.9 Å². The summed E-state index contributed by atoms with van der Waals surface area (Å²) < 4.78 is 0. The van der Waals surface area contributed by atoms with Crippen molar-refractivity contribution < 1.29 is 4.79 Å². The molecule has 1 aliphatic rings. The highest BCUT2D eigenvalue weighted by Crippen LogP contribution is 2.34. The van der Waals surface area contributed by atoms with Gasteiger partial charge in [-0.1, -0.05) is 23.2 Å². The molecule has 0 N–H and O–H groups in total. The molecule has 3 nitrogen and oxygen atoms in total. The second-order valence-electron chi connectivity index (χ2n) is 3.39. The number of hydrogen-bond donors (Lipinski definition) is 0. The monoisotopic (exact) mass is 250 g/mol. The maximum absolute atomic E-state index is 11.9. The van der Waals surface area contributed by atoms with Crippen LogP contribution in [0.15, 0.2) is 24.3 Å². The molecule has 2 aromatic rings. The molecule has 2 aromatic heterocycles. The zero-order valence-corrected chi connectivity index (χ0v) is 9.38. The quantitative estimate of drug-likeness (QED) is 0.577. The third kappa shape index (κ3) is 1.25. The minimum absolute atomic E-state index is 0.0849. The Morgan fingerprint density at radius 3 is 1.69 bits per heavy atom. The molecule has 0 aromatic carbocycles. The van der Waals surface area contributed by atoms with Gasteiger partial charge in [0.05, 0.1) is 11.1 Å². The van der Waals surface area contributed by atoms with Crippen LogP contribution in [0.5, 0.6) is 0 Å². The van der Waals surface area contributed by atoms with Crippen LogP contribution in [0.3, 0.4) is 0 Å². The summed E-state index contributed by atoms with van der Waals surface area (Å²) in [6.07, 6.45) is 0. The van der Waals surface area contributed by atoms with Crippen molar-refractivity contribution in [3.63, 3.8) is 0 Å². The van der Waals surface area contributed by atoms with Crippen LogP contribution in [0.2, 0.25) is 10.3 Å². The number of ketones is 1. The van der Waals surface area contributed by atoms with E-state index in [1.807, 2.05) is 0 Å². The summed E-state index contributed by atoms with van der Waals surface area (Å²) in [5.74, 6) is -0.0849. The summed E-state index contributed by atoms with van der Waals surface area (Å²) in [6.45, 7) is 0. The Balaban J connectivity index is 2.37. The number of halogens is 2. The van der Waals surface area contributed by atoms with E-state index in [1.165, 1.54) is 0 Å². The molecular formula is C11H4Cl2N2O. The van der Waals surface area contributed by atoms with E-state index in [-0.39, 0.29) is 5.78 Å². The lowest BCUT2D eigenvalue weighted by Crippen LogP contribution is -1.95. The zero-order chi connectivity index (χ0) is 11.3. The fraction of sp³-hybridized carbons (Fsp3) is 0. The Labute approximate surface area is 101 Å². The van der Waals surface area contributed by atoms with Crippen molar-refractivity contribution in [2.75, 3.05) is 0 Å². The molecule has 0 saturated carbocycles. The number of fused-ring (bicyclic) bond motifs is 3. The van der Waals surface area contributed by atoms with Crippen LogP contribution < -0.4 is 0 Å². The van der Waals surface area contributed by atoms with Crippen molar-refractivity contribution in [3.05, 3.63) is 45.7 Å². The average Bonchev–Trinajstić information content (AvgIpc) is 2.52. The van der Waals surface area contributed by atoms with E-state index in [0.717, 1.165) is 0 Å². The Bertz CT molecular complexity index is 572. The van der Waals surface area contributed by atoms with E-state index in [4.69, 9.17) is 23.2 Å². The van der Waals surface area contributed by atoms with Gasteiger partial charge in [-0.3, -0.25) is 4.79 Å². The third-order valence-corrected chi connectivity index (χ3v) is 2.86. The van der Waals surface area contributed by atoms with Gasteiger partial charge in [0.1, 0.15) is 21.7 Å². The van der Waals surface area contributed by atoms with Crippen molar-refractivity contribution >= 4 is 29.0 Å². The summed E-state index contributed by atoms with van der Waals surface area (Å²) >= 11 is 11.6. The Kier molecular flexibility index (Phi) is 1.99. The molecule has 0 unspecified atom stereocenters. The lowest BCUT2D eigenvalue weighted by Gasteiger charge is -1.98. The molecule has 0 saturated heterocycles. The molecule has 0 spiro atoms. The van der Waals surface area contributed by atoms with E-state index >= 15 is 0 Å². The highest BCUT2D eigenvalue weighted by molar-refractivity contribution is 6.31. The van der Waals surface area contributed by atoms with Crippen LogP contribution in [0, 0.1) is 0 Å². The first kappa shape index (κ1) is 9.75. The first-order valence-electron chi connectivity index (χ1n) is 4.55. The van der Waals surface area contributed by atoms with Crippen LogP contribution in [0.1, 0.15) is 15.9 Å². The standard InChI is InChI=1S/C11H4Cl2N2O/c12-7-3-1-5-9(14-7)10-6(11(5)16)2-4-8(13)15-10/h1-4H. The molecule has 1 aliphatic carbocycles. The van der Waals surface area contributed by atoms with Crippen molar-refractivity contribution in [1.29, 1.82) is 0 Å². The average molecular weight is 251 g/mol. The minimum atomic E-state index is -0.0849. The van der Waals surface area contributed by atoms with E-state index in [9.17, 15) is 4.79 Å². The molecule has 0 atom stereocenters. The summed E-state index contributed by atoms with van der Waals surface area (Å²) in [6, 6.07) is 6.49. The molecule has 3 rings (SSSR count). The summed E-state index contributed by atoms with van der Waals surface area (Å²) in [5, 5.41) is 0.669. The fourth-order valence-corrected chi connectivity index (χ4v) is 2.04. The molecule has 0 aliphatic heterocycles. The van der Waals surface area contributed by atoms with Gasteiger partial charge in [0.15, 0.2) is 5.78 Å². The minimum Gasteiger partial charge on any atom is -0.288 e. The van der Waals surface area contributed by atoms with Gasteiger partial charge in [-0.25, -0.2) is 9.97 Å². The van der Waals surface area contributed by atoms with Gasteiger partial charge in [-0.05, 0) is 24.3 Å².